The lowest BCUT2D eigenvalue weighted by Crippen LogP contribution is -2.40. The molecule has 2 aromatic rings. The van der Waals surface area contributed by atoms with Crippen molar-refractivity contribution in [2.75, 3.05) is 31.7 Å². The number of ether oxygens (including phenoxy) is 1. The molecule has 9 nitrogen and oxygen atoms in total. The summed E-state index contributed by atoms with van der Waals surface area (Å²) in [6.45, 7) is 2.99. The van der Waals surface area contributed by atoms with Gasteiger partial charge in [0.25, 0.3) is 5.69 Å². The van der Waals surface area contributed by atoms with Crippen LogP contribution in [0.3, 0.4) is 0 Å². The van der Waals surface area contributed by atoms with E-state index in [9.17, 15) is 18.5 Å². The number of hydrazone groups is 1. The van der Waals surface area contributed by atoms with Crippen LogP contribution in [0.4, 0.5) is 11.4 Å². The van der Waals surface area contributed by atoms with Crippen LogP contribution in [0.5, 0.6) is 0 Å². The van der Waals surface area contributed by atoms with E-state index in [-0.39, 0.29) is 29.4 Å². The maximum absolute atomic E-state index is 12.7. The lowest BCUT2D eigenvalue weighted by molar-refractivity contribution is -0.384. The predicted molar refractivity (Wildman–Crippen MR) is 105 cm³/mol. The molecule has 148 valence electrons. The molecule has 1 N–H and O–H groups in total. The first kappa shape index (κ1) is 19.9. The van der Waals surface area contributed by atoms with Crippen LogP contribution in [0.15, 0.2) is 52.5 Å². The van der Waals surface area contributed by atoms with Crippen molar-refractivity contribution in [1.82, 2.24) is 4.31 Å². The van der Waals surface area contributed by atoms with Crippen molar-refractivity contribution in [2.45, 2.75) is 11.8 Å². The number of nitrogens with zero attached hydrogens (tertiary/aromatic N) is 3. The average molecular weight is 404 g/mol. The summed E-state index contributed by atoms with van der Waals surface area (Å²) >= 11 is 0. The van der Waals surface area contributed by atoms with Crippen LogP contribution < -0.4 is 5.43 Å². The fraction of sp³-hybridized carbons (Fsp3) is 0.278. The number of nitro groups is 1. The lowest BCUT2D eigenvalue weighted by atomic mass is 10.2. The molecule has 2 aromatic carbocycles. The minimum Gasteiger partial charge on any atom is -0.379 e. The van der Waals surface area contributed by atoms with E-state index >= 15 is 0 Å². The molecule has 1 saturated heterocycles. The molecule has 0 bridgehead atoms. The van der Waals surface area contributed by atoms with Crippen molar-refractivity contribution >= 4 is 27.6 Å². The quantitative estimate of drug-likeness (QED) is 0.449. The van der Waals surface area contributed by atoms with Gasteiger partial charge in [0.1, 0.15) is 5.69 Å². The Kier molecular flexibility index (Phi) is 6.02. The van der Waals surface area contributed by atoms with Gasteiger partial charge in [-0.05, 0) is 24.6 Å². The van der Waals surface area contributed by atoms with Crippen LogP contribution in [-0.2, 0) is 14.8 Å². The first-order valence-corrected chi connectivity index (χ1v) is 10.0. The predicted octanol–water partition coefficient (Wildman–Crippen LogP) is 2.37. The molecule has 0 aliphatic carbocycles. The fourth-order valence-electron chi connectivity index (χ4n) is 2.78. The molecule has 1 aliphatic rings. The normalized spacial score (nSPS) is 15.6. The van der Waals surface area contributed by atoms with E-state index in [1.165, 1.54) is 22.7 Å². The number of morpholine rings is 1. The van der Waals surface area contributed by atoms with E-state index < -0.39 is 14.9 Å². The van der Waals surface area contributed by atoms with Gasteiger partial charge in [-0.15, -0.1) is 0 Å². The first-order valence-electron chi connectivity index (χ1n) is 8.60. The second-order valence-electron chi connectivity index (χ2n) is 6.24. The largest absolute Gasteiger partial charge is 0.379 e. The van der Waals surface area contributed by atoms with E-state index in [0.29, 0.717) is 13.2 Å². The summed E-state index contributed by atoms with van der Waals surface area (Å²) < 4.78 is 31.8. The smallest absolute Gasteiger partial charge is 0.295 e. The second kappa shape index (κ2) is 8.46. The van der Waals surface area contributed by atoms with Crippen LogP contribution in [0, 0.1) is 17.0 Å². The van der Waals surface area contributed by atoms with Gasteiger partial charge in [0.15, 0.2) is 0 Å². The Balaban J connectivity index is 1.84. The molecule has 1 aliphatic heterocycles. The van der Waals surface area contributed by atoms with Crippen molar-refractivity contribution in [3.05, 3.63) is 63.7 Å². The summed E-state index contributed by atoms with van der Waals surface area (Å²) in [6.07, 6.45) is 1.54. The number of anilines is 1. The summed E-state index contributed by atoms with van der Waals surface area (Å²) in [4.78, 5) is 10.7. The summed E-state index contributed by atoms with van der Waals surface area (Å²) in [5, 5.41) is 15.5. The van der Waals surface area contributed by atoms with E-state index in [0.717, 1.165) is 17.2 Å². The van der Waals surface area contributed by atoms with Gasteiger partial charge >= 0.3 is 0 Å². The molecular weight excluding hydrogens is 384 g/mol. The van der Waals surface area contributed by atoms with Crippen LogP contribution in [0.25, 0.3) is 0 Å². The van der Waals surface area contributed by atoms with Crippen molar-refractivity contribution in [2.24, 2.45) is 5.10 Å². The van der Waals surface area contributed by atoms with Gasteiger partial charge in [0.05, 0.1) is 29.2 Å². The van der Waals surface area contributed by atoms with Crippen molar-refractivity contribution in [1.29, 1.82) is 0 Å². The molecule has 0 spiro atoms. The maximum Gasteiger partial charge on any atom is 0.295 e. The molecule has 1 fully saturated rings. The molecular formula is C18H20N4O5S. The highest BCUT2D eigenvalue weighted by Crippen LogP contribution is 2.29. The number of rotatable bonds is 6. The molecule has 0 radical (unpaired) electrons. The number of hydrogen-bond donors (Lipinski definition) is 1. The van der Waals surface area contributed by atoms with Gasteiger partial charge in [0.2, 0.25) is 10.0 Å². The Hall–Kier alpha value is -2.82. The molecule has 0 aromatic heterocycles. The summed E-state index contributed by atoms with van der Waals surface area (Å²) in [5.74, 6) is 0. The van der Waals surface area contributed by atoms with Gasteiger partial charge in [-0.1, -0.05) is 29.8 Å². The molecule has 3 rings (SSSR count). The zero-order valence-corrected chi connectivity index (χ0v) is 16.1. The van der Waals surface area contributed by atoms with Crippen LogP contribution in [0.1, 0.15) is 11.1 Å². The third-order valence-corrected chi connectivity index (χ3v) is 6.11. The lowest BCUT2D eigenvalue weighted by Gasteiger charge is -2.26. The summed E-state index contributed by atoms with van der Waals surface area (Å²) in [7, 11) is -3.82. The zero-order valence-electron chi connectivity index (χ0n) is 15.2. The van der Waals surface area contributed by atoms with E-state index in [1.54, 1.807) is 0 Å². The highest BCUT2D eigenvalue weighted by atomic mass is 32.2. The SMILES string of the molecule is Cc1cccc(/C=N\Nc2ccc(S(=O)(=O)N3CCOCC3)cc2[N+](=O)[O-])c1. The van der Waals surface area contributed by atoms with Gasteiger partial charge < -0.3 is 4.74 Å². The van der Waals surface area contributed by atoms with Gasteiger partial charge in [0, 0.05) is 19.2 Å². The van der Waals surface area contributed by atoms with E-state index in [4.69, 9.17) is 4.74 Å². The average Bonchev–Trinajstić information content (AvgIpc) is 2.68. The second-order valence-corrected chi connectivity index (χ2v) is 8.17. The minimum atomic E-state index is -3.82. The topological polar surface area (TPSA) is 114 Å². The summed E-state index contributed by atoms with van der Waals surface area (Å²) in [6, 6.07) is 11.3. The maximum atomic E-state index is 12.7. The van der Waals surface area contributed by atoms with Crippen molar-refractivity contribution in [3.63, 3.8) is 0 Å². The first-order chi connectivity index (χ1) is 13.4. The van der Waals surface area contributed by atoms with E-state index in [1.807, 2.05) is 31.2 Å². The monoisotopic (exact) mass is 404 g/mol. The number of nitro benzene ring substituents is 1. The fourth-order valence-corrected chi connectivity index (χ4v) is 4.21. The van der Waals surface area contributed by atoms with Gasteiger partial charge in [-0.2, -0.15) is 9.41 Å². The Morgan fingerprint density at radius 3 is 2.64 bits per heavy atom. The zero-order chi connectivity index (χ0) is 20.1. The third-order valence-electron chi connectivity index (χ3n) is 4.21. The van der Waals surface area contributed by atoms with Crippen molar-refractivity contribution < 1.29 is 18.1 Å². The molecule has 0 unspecified atom stereocenters. The van der Waals surface area contributed by atoms with Crippen LogP contribution >= 0.6 is 0 Å². The van der Waals surface area contributed by atoms with Gasteiger partial charge in [-0.3, -0.25) is 15.5 Å². The number of aryl methyl sites for hydroxylation is 1. The molecule has 0 amide bonds. The standard InChI is InChI=1S/C18H20N4O5S/c1-14-3-2-4-15(11-14)13-19-20-17-6-5-16(12-18(17)22(23)24)28(25,26)21-7-9-27-10-8-21/h2-6,11-13,20H,7-10H2,1H3/b19-13-. The van der Waals surface area contributed by atoms with Crippen molar-refractivity contribution in [3.8, 4) is 0 Å². The number of hydrogen-bond acceptors (Lipinski definition) is 7. The molecule has 0 saturated carbocycles. The van der Waals surface area contributed by atoms with E-state index in [2.05, 4.69) is 10.5 Å². The number of nitrogens with one attached hydrogen (secondary N) is 1. The molecule has 10 heteroatoms. The molecule has 1 heterocycles. The highest BCUT2D eigenvalue weighted by Gasteiger charge is 2.28. The van der Waals surface area contributed by atoms with Crippen LogP contribution in [-0.4, -0.2) is 50.2 Å². The Morgan fingerprint density at radius 1 is 1.21 bits per heavy atom. The van der Waals surface area contributed by atoms with Gasteiger partial charge in [-0.25, -0.2) is 8.42 Å². The Labute approximate surface area is 162 Å². The Morgan fingerprint density at radius 2 is 1.96 bits per heavy atom. The summed E-state index contributed by atoms with van der Waals surface area (Å²) in [5.41, 5.74) is 4.26. The molecule has 0 atom stereocenters. The highest BCUT2D eigenvalue weighted by molar-refractivity contribution is 7.89. The molecule has 28 heavy (non-hydrogen) atoms. The number of benzene rings is 2. The minimum absolute atomic E-state index is 0.106. The number of sulfonamides is 1. The third kappa shape index (κ3) is 4.53. The Bertz CT molecular complexity index is 1000. The van der Waals surface area contributed by atoms with Crippen LogP contribution in [0.2, 0.25) is 0 Å².